The number of aryl methyl sites for hydroxylation is 1. The Balaban J connectivity index is 1.97. The van der Waals surface area contributed by atoms with Gasteiger partial charge >= 0.3 is 6.03 Å². The zero-order valence-electron chi connectivity index (χ0n) is 10.7. The van der Waals surface area contributed by atoms with E-state index in [1.807, 2.05) is 13.0 Å². The van der Waals surface area contributed by atoms with Gasteiger partial charge in [-0.05, 0) is 30.7 Å². The van der Waals surface area contributed by atoms with Crippen LogP contribution in [0.2, 0.25) is 0 Å². The number of carbonyl (C=O) groups is 1. The third-order valence-corrected chi connectivity index (χ3v) is 2.36. The van der Waals surface area contributed by atoms with Gasteiger partial charge < -0.3 is 10.1 Å². The number of pyridine rings is 2. The van der Waals surface area contributed by atoms with Crippen molar-refractivity contribution in [3.63, 3.8) is 0 Å². The minimum Gasteiger partial charge on any atom is -0.481 e. The second kappa shape index (κ2) is 5.81. The number of nitrogens with one attached hydrogen (secondary N) is 2. The first-order chi connectivity index (χ1) is 9.17. The van der Waals surface area contributed by atoms with E-state index in [9.17, 15) is 4.79 Å². The van der Waals surface area contributed by atoms with Gasteiger partial charge in [0.05, 0.1) is 19.0 Å². The zero-order valence-corrected chi connectivity index (χ0v) is 10.7. The molecule has 6 heteroatoms. The van der Waals surface area contributed by atoms with Crippen LogP contribution in [-0.4, -0.2) is 23.1 Å². The first-order valence-corrected chi connectivity index (χ1v) is 5.68. The van der Waals surface area contributed by atoms with Crippen LogP contribution >= 0.6 is 0 Å². The normalized spacial score (nSPS) is 9.79. The first kappa shape index (κ1) is 12.8. The Kier molecular flexibility index (Phi) is 3.92. The SMILES string of the molecule is COc1ccc(NC(=O)Nc2cc(C)ccn2)cn1. The fourth-order valence-electron chi connectivity index (χ4n) is 1.46. The van der Waals surface area contributed by atoms with Crippen LogP contribution in [0, 0.1) is 6.92 Å². The van der Waals surface area contributed by atoms with Crippen LogP contribution < -0.4 is 15.4 Å². The van der Waals surface area contributed by atoms with E-state index in [1.165, 1.54) is 13.3 Å². The number of ether oxygens (including phenoxy) is 1. The molecule has 0 unspecified atom stereocenters. The standard InChI is InChI=1S/C13H14N4O2/c1-9-5-6-14-11(7-9)17-13(18)16-10-3-4-12(19-2)15-8-10/h3-8H,1-2H3,(H2,14,16,17,18). The van der Waals surface area contributed by atoms with Crippen molar-refractivity contribution in [1.82, 2.24) is 9.97 Å². The third kappa shape index (κ3) is 3.67. The summed E-state index contributed by atoms with van der Waals surface area (Å²) >= 11 is 0. The lowest BCUT2D eigenvalue weighted by Crippen LogP contribution is -2.20. The third-order valence-electron chi connectivity index (χ3n) is 2.36. The average molecular weight is 258 g/mol. The lowest BCUT2D eigenvalue weighted by Gasteiger charge is -2.07. The highest BCUT2D eigenvalue weighted by molar-refractivity contribution is 5.99. The Hall–Kier alpha value is -2.63. The van der Waals surface area contributed by atoms with Crippen molar-refractivity contribution in [1.29, 1.82) is 0 Å². The molecule has 0 fully saturated rings. The van der Waals surface area contributed by atoms with E-state index >= 15 is 0 Å². The largest absolute Gasteiger partial charge is 0.481 e. The maximum atomic E-state index is 11.7. The number of anilines is 2. The predicted molar refractivity (Wildman–Crippen MR) is 72.4 cm³/mol. The number of nitrogens with zero attached hydrogens (tertiary/aromatic N) is 2. The highest BCUT2D eigenvalue weighted by atomic mass is 16.5. The van der Waals surface area contributed by atoms with Crippen molar-refractivity contribution in [2.24, 2.45) is 0 Å². The molecule has 0 spiro atoms. The molecule has 0 bridgehead atoms. The fraction of sp³-hybridized carbons (Fsp3) is 0.154. The van der Waals surface area contributed by atoms with E-state index in [0.29, 0.717) is 17.4 Å². The summed E-state index contributed by atoms with van der Waals surface area (Å²) < 4.78 is 4.93. The summed E-state index contributed by atoms with van der Waals surface area (Å²) in [6, 6.07) is 6.64. The van der Waals surface area contributed by atoms with Crippen molar-refractivity contribution >= 4 is 17.5 Å². The molecule has 0 radical (unpaired) electrons. The van der Waals surface area contributed by atoms with Gasteiger partial charge in [0.25, 0.3) is 0 Å². The molecule has 0 aliphatic carbocycles. The minimum atomic E-state index is -0.370. The van der Waals surface area contributed by atoms with Crippen molar-refractivity contribution in [3.8, 4) is 5.88 Å². The molecule has 0 saturated carbocycles. The number of hydrogen-bond acceptors (Lipinski definition) is 4. The molecule has 19 heavy (non-hydrogen) atoms. The summed E-state index contributed by atoms with van der Waals surface area (Å²) in [6.45, 7) is 1.93. The van der Waals surface area contributed by atoms with Crippen molar-refractivity contribution in [2.45, 2.75) is 6.92 Å². The Labute approximate surface area is 110 Å². The summed E-state index contributed by atoms with van der Waals surface area (Å²) in [4.78, 5) is 19.8. The minimum absolute atomic E-state index is 0.370. The van der Waals surface area contributed by atoms with Crippen molar-refractivity contribution in [3.05, 3.63) is 42.2 Å². The molecule has 2 amide bonds. The van der Waals surface area contributed by atoms with E-state index in [-0.39, 0.29) is 6.03 Å². The van der Waals surface area contributed by atoms with Crippen molar-refractivity contribution in [2.75, 3.05) is 17.7 Å². The monoisotopic (exact) mass is 258 g/mol. The molecular formula is C13H14N4O2. The Morgan fingerprint density at radius 2 is 2.05 bits per heavy atom. The van der Waals surface area contributed by atoms with Crippen LogP contribution in [0.25, 0.3) is 0 Å². The molecule has 2 N–H and O–H groups in total. The van der Waals surface area contributed by atoms with Crippen LogP contribution in [0.5, 0.6) is 5.88 Å². The second-order valence-corrected chi connectivity index (χ2v) is 3.89. The summed E-state index contributed by atoms with van der Waals surface area (Å²) in [5.74, 6) is 0.991. The van der Waals surface area contributed by atoms with Gasteiger partial charge in [-0.1, -0.05) is 0 Å². The van der Waals surface area contributed by atoms with E-state index in [4.69, 9.17) is 4.74 Å². The number of rotatable bonds is 3. The average Bonchev–Trinajstić information content (AvgIpc) is 2.39. The Morgan fingerprint density at radius 3 is 2.68 bits per heavy atom. The number of urea groups is 1. The number of amides is 2. The van der Waals surface area contributed by atoms with Gasteiger partial charge in [-0.3, -0.25) is 5.32 Å². The summed E-state index contributed by atoms with van der Waals surface area (Å²) in [5, 5.41) is 5.29. The first-order valence-electron chi connectivity index (χ1n) is 5.68. The van der Waals surface area contributed by atoms with E-state index in [2.05, 4.69) is 20.6 Å². The summed E-state index contributed by atoms with van der Waals surface area (Å²) in [6.07, 6.45) is 3.15. The van der Waals surface area contributed by atoms with Gasteiger partial charge in [-0.15, -0.1) is 0 Å². The van der Waals surface area contributed by atoms with E-state index in [0.717, 1.165) is 5.56 Å². The molecule has 98 valence electrons. The van der Waals surface area contributed by atoms with Gasteiger partial charge in [-0.25, -0.2) is 14.8 Å². The second-order valence-electron chi connectivity index (χ2n) is 3.89. The Bertz CT molecular complexity index is 569. The van der Waals surface area contributed by atoms with Crippen LogP contribution in [0.3, 0.4) is 0 Å². The van der Waals surface area contributed by atoms with E-state index < -0.39 is 0 Å². The highest BCUT2D eigenvalue weighted by Crippen LogP contribution is 2.11. The molecule has 0 aromatic carbocycles. The van der Waals surface area contributed by atoms with Gasteiger partial charge in [0.15, 0.2) is 0 Å². The predicted octanol–water partition coefficient (Wildman–Crippen LogP) is 2.44. The number of methoxy groups -OCH3 is 1. The molecule has 0 atom stereocenters. The Morgan fingerprint density at radius 1 is 1.21 bits per heavy atom. The topological polar surface area (TPSA) is 76.1 Å². The number of hydrogen-bond donors (Lipinski definition) is 2. The van der Waals surface area contributed by atoms with Gasteiger partial charge in [0.1, 0.15) is 5.82 Å². The van der Waals surface area contributed by atoms with Gasteiger partial charge in [0.2, 0.25) is 5.88 Å². The quantitative estimate of drug-likeness (QED) is 0.886. The number of carbonyl (C=O) groups excluding carboxylic acids is 1. The number of aromatic nitrogens is 2. The van der Waals surface area contributed by atoms with Gasteiger partial charge in [-0.2, -0.15) is 0 Å². The van der Waals surface area contributed by atoms with E-state index in [1.54, 1.807) is 24.4 Å². The molecule has 2 heterocycles. The van der Waals surface area contributed by atoms with Crippen LogP contribution in [-0.2, 0) is 0 Å². The fourth-order valence-corrected chi connectivity index (χ4v) is 1.46. The van der Waals surface area contributed by atoms with Crippen LogP contribution in [0.4, 0.5) is 16.3 Å². The molecule has 0 aliphatic rings. The molecule has 6 nitrogen and oxygen atoms in total. The van der Waals surface area contributed by atoms with Gasteiger partial charge in [0, 0.05) is 12.3 Å². The lowest BCUT2D eigenvalue weighted by atomic mass is 10.3. The molecule has 2 aromatic heterocycles. The molecule has 0 saturated heterocycles. The maximum absolute atomic E-state index is 11.7. The smallest absolute Gasteiger partial charge is 0.324 e. The molecular weight excluding hydrogens is 244 g/mol. The molecule has 2 aromatic rings. The maximum Gasteiger partial charge on any atom is 0.324 e. The zero-order chi connectivity index (χ0) is 13.7. The molecule has 2 rings (SSSR count). The highest BCUT2D eigenvalue weighted by Gasteiger charge is 2.04. The van der Waals surface area contributed by atoms with Crippen LogP contribution in [0.15, 0.2) is 36.7 Å². The summed E-state index contributed by atoms with van der Waals surface area (Å²) in [5.41, 5.74) is 1.60. The van der Waals surface area contributed by atoms with Crippen molar-refractivity contribution < 1.29 is 9.53 Å². The summed E-state index contributed by atoms with van der Waals surface area (Å²) in [7, 11) is 1.53. The van der Waals surface area contributed by atoms with Crippen LogP contribution in [0.1, 0.15) is 5.56 Å². The molecule has 0 aliphatic heterocycles. The lowest BCUT2D eigenvalue weighted by molar-refractivity contribution is 0.262.